The fourth-order valence-corrected chi connectivity index (χ4v) is 8.17. The molecule has 10 heteroatoms. The Morgan fingerprint density at radius 1 is 1.22 bits per heavy atom. The van der Waals surface area contributed by atoms with Crippen molar-refractivity contribution in [3.05, 3.63) is 17.5 Å². The number of aliphatic hydroxyl groups is 1. The van der Waals surface area contributed by atoms with Crippen molar-refractivity contribution in [1.82, 2.24) is 15.4 Å². The third-order valence-electron chi connectivity index (χ3n) is 9.28. The van der Waals surface area contributed by atoms with E-state index in [1.54, 1.807) is 13.0 Å². The van der Waals surface area contributed by atoms with Gasteiger partial charge in [-0.3, -0.25) is 9.59 Å². The van der Waals surface area contributed by atoms with Crippen molar-refractivity contribution in [2.45, 2.75) is 71.4 Å². The first kappa shape index (κ1) is 26.0. The fourth-order valence-electron chi connectivity index (χ4n) is 7.26. The van der Waals surface area contributed by atoms with Gasteiger partial charge in [0.15, 0.2) is 12.0 Å². The van der Waals surface area contributed by atoms with Crippen LogP contribution in [-0.2, 0) is 14.3 Å². The average Bonchev–Trinajstić information content (AvgIpc) is 3.31. The molecule has 1 aromatic rings. The summed E-state index contributed by atoms with van der Waals surface area (Å²) in [5, 5.41) is 17.7. The standard InChI is InChI=1S/C26H39N3O6S/c1-16-12-18(28-35-16)24(32)27-14-23-33-15-26(3)20-5-4-19(30)17(25(20,2)7-6-21(26)34-23)13-22(31)29-8-10-36-11-9-29/h12,17,19-21,23,30H,4-11,13-15H2,1-3H3,(H,27,32). The zero-order valence-corrected chi connectivity index (χ0v) is 22.3. The number of aromatic nitrogens is 1. The number of nitrogens with zero attached hydrogens (tertiary/aromatic N) is 2. The van der Waals surface area contributed by atoms with E-state index < -0.39 is 12.4 Å². The van der Waals surface area contributed by atoms with E-state index in [0.29, 0.717) is 25.2 Å². The highest BCUT2D eigenvalue weighted by molar-refractivity contribution is 7.99. The van der Waals surface area contributed by atoms with Crippen molar-refractivity contribution in [3.8, 4) is 0 Å². The molecule has 36 heavy (non-hydrogen) atoms. The average molecular weight is 522 g/mol. The minimum absolute atomic E-state index is 0.00577. The monoisotopic (exact) mass is 521 g/mol. The molecule has 4 aliphatic rings. The maximum atomic E-state index is 13.2. The number of nitrogens with one attached hydrogen (secondary N) is 1. The Bertz CT molecular complexity index is 967. The highest BCUT2D eigenvalue weighted by atomic mass is 32.2. The summed E-state index contributed by atoms with van der Waals surface area (Å²) in [5.41, 5.74) is -0.118. The molecular weight excluding hydrogens is 482 g/mol. The molecule has 2 saturated heterocycles. The minimum atomic E-state index is -0.520. The van der Waals surface area contributed by atoms with E-state index in [2.05, 4.69) is 24.3 Å². The lowest BCUT2D eigenvalue weighted by atomic mass is 9.46. The van der Waals surface area contributed by atoms with Crippen LogP contribution < -0.4 is 5.32 Å². The molecule has 3 heterocycles. The van der Waals surface area contributed by atoms with Gasteiger partial charge in [-0.25, -0.2) is 0 Å². The number of hydrogen-bond donors (Lipinski definition) is 2. The molecule has 5 rings (SSSR count). The molecular formula is C26H39N3O6S. The molecule has 200 valence electrons. The summed E-state index contributed by atoms with van der Waals surface area (Å²) in [6.07, 6.45) is 2.79. The van der Waals surface area contributed by atoms with Crippen molar-refractivity contribution in [3.63, 3.8) is 0 Å². The number of carbonyl (C=O) groups is 2. The second-order valence-corrected chi connectivity index (χ2v) is 12.7. The van der Waals surface area contributed by atoms with Crippen LogP contribution >= 0.6 is 11.8 Å². The molecule has 2 aliphatic carbocycles. The van der Waals surface area contributed by atoms with Gasteiger partial charge in [0, 0.05) is 42.5 Å². The first-order valence-corrected chi connectivity index (χ1v) is 14.4. The Morgan fingerprint density at radius 3 is 2.72 bits per heavy atom. The zero-order chi connectivity index (χ0) is 25.5. The van der Waals surface area contributed by atoms with E-state index in [-0.39, 0.29) is 52.8 Å². The Hall–Kier alpha value is -1.62. The lowest BCUT2D eigenvalue weighted by Gasteiger charge is -2.63. The topological polar surface area (TPSA) is 114 Å². The molecule has 2 saturated carbocycles. The number of hydrogen-bond acceptors (Lipinski definition) is 8. The predicted molar refractivity (Wildman–Crippen MR) is 134 cm³/mol. The molecule has 0 radical (unpaired) electrons. The molecule has 2 aliphatic heterocycles. The molecule has 2 amide bonds. The molecule has 0 aromatic carbocycles. The lowest BCUT2D eigenvalue weighted by Crippen LogP contribution is -2.63. The normalized spacial score (nSPS) is 38.7. The summed E-state index contributed by atoms with van der Waals surface area (Å²) in [6.45, 7) is 8.64. The summed E-state index contributed by atoms with van der Waals surface area (Å²) in [7, 11) is 0. The van der Waals surface area contributed by atoms with Gasteiger partial charge in [-0.1, -0.05) is 19.0 Å². The Labute approximate surface area is 217 Å². The molecule has 0 spiro atoms. The summed E-state index contributed by atoms with van der Waals surface area (Å²) in [5.74, 6) is 2.67. The summed E-state index contributed by atoms with van der Waals surface area (Å²) < 4.78 is 17.5. The van der Waals surface area contributed by atoms with Gasteiger partial charge >= 0.3 is 0 Å². The van der Waals surface area contributed by atoms with Crippen molar-refractivity contribution in [2.24, 2.45) is 22.7 Å². The number of aryl methyl sites for hydroxylation is 1. The fraction of sp³-hybridized carbons (Fsp3) is 0.808. The number of rotatable bonds is 5. The Balaban J connectivity index is 1.23. The van der Waals surface area contributed by atoms with Crippen LogP contribution in [-0.4, -0.2) is 83.2 Å². The van der Waals surface area contributed by atoms with Gasteiger partial charge in [0.25, 0.3) is 5.91 Å². The van der Waals surface area contributed by atoms with Crippen LogP contribution in [0.1, 0.15) is 62.2 Å². The third kappa shape index (κ3) is 4.81. The lowest BCUT2D eigenvalue weighted by molar-refractivity contribution is -0.306. The smallest absolute Gasteiger partial charge is 0.273 e. The third-order valence-corrected chi connectivity index (χ3v) is 10.2. The second kappa shape index (κ2) is 10.3. The maximum Gasteiger partial charge on any atom is 0.273 e. The van der Waals surface area contributed by atoms with Crippen LogP contribution in [0.25, 0.3) is 0 Å². The summed E-state index contributed by atoms with van der Waals surface area (Å²) >= 11 is 1.90. The number of thioether (sulfide) groups is 1. The van der Waals surface area contributed by atoms with Gasteiger partial charge in [0.1, 0.15) is 5.76 Å². The van der Waals surface area contributed by atoms with E-state index in [1.165, 1.54) is 0 Å². The molecule has 9 nitrogen and oxygen atoms in total. The van der Waals surface area contributed by atoms with Crippen LogP contribution in [0.2, 0.25) is 0 Å². The van der Waals surface area contributed by atoms with Crippen molar-refractivity contribution >= 4 is 23.6 Å². The van der Waals surface area contributed by atoms with E-state index in [0.717, 1.165) is 43.9 Å². The summed E-state index contributed by atoms with van der Waals surface area (Å²) in [4.78, 5) is 27.5. The van der Waals surface area contributed by atoms with Crippen molar-refractivity contribution in [1.29, 1.82) is 0 Å². The molecule has 2 N–H and O–H groups in total. The number of fused-ring (bicyclic) bond motifs is 3. The van der Waals surface area contributed by atoms with Crippen LogP contribution in [0.5, 0.6) is 0 Å². The van der Waals surface area contributed by atoms with Gasteiger partial charge in [0.05, 0.1) is 25.4 Å². The quantitative estimate of drug-likeness (QED) is 0.608. The van der Waals surface area contributed by atoms with Crippen LogP contribution in [0.3, 0.4) is 0 Å². The van der Waals surface area contributed by atoms with Gasteiger partial charge < -0.3 is 29.3 Å². The number of aliphatic hydroxyl groups excluding tert-OH is 1. The van der Waals surface area contributed by atoms with E-state index >= 15 is 0 Å². The number of ether oxygens (including phenoxy) is 2. The molecule has 4 fully saturated rings. The minimum Gasteiger partial charge on any atom is -0.393 e. The zero-order valence-electron chi connectivity index (χ0n) is 21.5. The van der Waals surface area contributed by atoms with Crippen molar-refractivity contribution < 1.29 is 28.7 Å². The summed E-state index contributed by atoms with van der Waals surface area (Å²) in [6, 6.07) is 1.60. The Morgan fingerprint density at radius 2 is 2.00 bits per heavy atom. The molecule has 7 unspecified atom stereocenters. The second-order valence-electron chi connectivity index (χ2n) is 11.4. The van der Waals surface area contributed by atoms with Crippen LogP contribution in [0.4, 0.5) is 0 Å². The van der Waals surface area contributed by atoms with E-state index in [4.69, 9.17) is 14.0 Å². The van der Waals surface area contributed by atoms with E-state index in [9.17, 15) is 14.7 Å². The SMILES string of the molecule is Cc1cc(C(=O)NCC2OCC3(C)C(CCC4(C)C(CC(=O)N5CCSCC5)C(O)CCC34)O2)no1. The first-order valence-electron chi connectivity index (χ1n) is 13.2. The highest BCUT2D eigenvalue weighted by Crippen LogP contribution is 2.62. The first-order chi connectivity index (χ1) is 17.2. The Kier molecular flexibility index (Phi) is 7.42. The molecule has 1 aromatic heterocycles. The van der Waals surface area contributed by atoms with Gasteiger partial charge in [-0.15, -0.1) is 0 Å². The van der Waals surface area contributed by atoms with Gasteiger partial charge in [-0.05, 0) is 49.9 Å². The highest BCUT2D eigenvalue weighted by Gasteiger charge is 2.61. The molecule has 7 atom stereocenters. The largest absolute Gasteiger partial charge is 0.393 e. The van der Waals surface area contributed by atoms with Crippen LogP contribution in [0, 0.1) is 29.6 Å². The van der Waals surface area contributed by atoms with Gasteiger partial charge in [-0.2, -0.15) is 11.8 Å². The predicted octanol–water partition coefficient (Wildman–Crippen LogP) is 2.61. The molecule has 0 bridgehead atoms. The van der Waals surface area contributed by atoms with Crippen LogP contribution in [0.15, 0.2) is 10.6 Å². The van der Waals surface area contributed by atoms with Crippen molar-refractivity contribution in [2.75, 3.05) is 37.7 Å². The van der Waals surface area contributed by atoms with Gasteiger partial charge in [0.2, 0.25) is 5.91 Å². The van der Waals surface area contributed by atoms with E-state index in [1.807, 2.05) is 16.7 Å². The number of amides is 2. The number of carbonyl (C=O) groups excluding carboxylic acids is 2. The maximum absolute atomic E-state index is 13.2.